The third kappa shape index (κ3) is 3.26. The van der Waals surface area contributed by atoms with Gasteiger partial charge in [0.1, 0.15) is 7.11 Å². The molecule has 0 N–H and O–H groups in total. The van der Waals surface area contributed by atoms with Crippen molar-refractivity contribution < 1.29 is 14.4 Å². The van der Waals surface area contributed by atoms with Gasteiger partial charge in [-0.3, -0.25) is 0 Å². The number of oxime groups is 1. The number of methoxy groups -OCH3 is 1. The van der Waals surface area contributed by atoms with Crippen LogP contribution in [0.2, 0.25) is 0 Å². The molecule has 0 unspecified atom stereocenters. The first kappa shape index (κ1) is 16.8. The summed E-state index contributed by atoms with van der Waals surface area (Å²) < 4.78 is 6.94. The Morgan fingerprint density at radius 3 is 2.52 bits per heavy atom. The van der Waals surface area contributed by atoms with Crippen LogP contribution < -0.4 is 0 Å². The Kier molecular flexibility index (Phi) is 4.84. The molecule has 0 bridgehead atoms. The van der Waals surface area contributed by atoms with Crippen LogP contribution in [0.3, 0.4) is 0 Å². The second-order valence-corrected chi connectivity index (χ2v) is 5.72. The quantitative estimate of drug-likeness (QED) is 0.407. The van der Waals surface area contributed by atoms with E-state index in [1.807, 2.05) is 42.5 Å². The van der Waals surface area contributed by atoms with Crippen LogP contribution in [0.1, 0.15) is 16.8 Å². The van der Waals surface area contributed by atoms with E-state index >= 15 is 0 Å². The van der Waals surface area contributed by atoms with Gasteiger partial charge in [-0.1, -0.05) is 47.6 Å². The van der Waals surface area contributed by atoms with E-state index in [1.165, 1.54) is 25.3 Å². The number of para-hydroxylation sites is 1. The molecule has 128 valence electrons. The molecule has 0 aliphatic carbocycles. The Bertz CT molecular complexity index is 941. The zero-order chi connectivity index (χ0) is 17.8. The molecule has 0 aliphatic heterocycles. The Morgan fingerprint density at radius 1 is 1.08 bits per heavy atom. The fourth-order valence-corrected chi connectivity index (χ4v) is 2.91. The topological polar surface area (TPSA) is 52.8 Å². The minimum Gasteiger partial charge on any atom is -0.464 e. The molecule has 5 nitrogen and oxygen atoms in total. The number of esters is 1. The number of hydrogen-bond acceptors (Lipinski definition) is 4. The molecule has 0 saturated carbocycles. The van der Waals surface area contributed by atoms with Crippen LogP contribution >= 0.6 is 0 Å². The highest BCUT2D eigenvalue weighted by Crippen LogP contribution is 2.23. The van der Waals surface area contributed by atoms with Gasteiger partial charge in [0.2, 0.25) is 5.71 Å². The van der Waals surface area contributed by atoms with E-state index < -0.39 is 5.97 Å². The number of carbonyl (C=O) groups is 1. The Labute approximate surface area is 146 Å². The van der Waals surface area contributed by atoms with Gasteiger partial charge in [0, 0.05) is 17.4 Å². The van der Waals surface area contributed by atoms with Crippen LogP contribution in [-0.4, -0.2) is 30.5 Å². The predicted octanol–water partition coefficient (Wildman–Crippen LogP) is 3.52. The molecular weight excluding hydrogens is 316 g/mol. The third-order valence-corrected chi connectivity index (χ3v) is 4.20. The summed E-state index contributed by atoms with van der Waals surface area (Å²) in [5.74, 6) is -0.532. The standard InChI is InChI=1S/C20H20N2O3/c1-14-8-4-5-10-16(14)13-22-17-11-7-6-9-15(17)12-18(22)19(21-25-3)20(23)24-2/h4-12H,13H2,1-3H3/b21-19-. The lowest BCUT2D eigenvalue weighted by molar-refractivity contribution is -0.132. The highest BCUT2D eigenvalue weighted by atomic mass is 16.6. The first-order valence-electron chi connectivity index (χ1n) is 7.98. The minimum absolute atomic E-state index is 0.148. The summed E-state index contributed by atoms with van der Waals surface area (Å²) in [7, 11) is 2.75. The molecule has 0 fully saturated rings. The molecule has 1 aromatic heterocycles. The summed E-state index contributed by atoms with van der Waals surface area (Å²) in [5.41, 5.74) is 4.20. The van der Waals surface area contributed by atoms with Gasteiger partial charge in [-0.05, 0) is 30.2 Å². The lowest BCUT2D eigenvalue weighted by atomic mass is 10.1. The molecule has 0 atom stereocenters. The maximum atomic E-state index is 12.2. The van der Waals surface area contributed by atoms with E-state index in [2.05, 4.69) is 28.8 Å². The van der Waals surface area contributed by atoms with E-state index in [9.17, 15) is 4.79 Å². The van der Waals surface area contributed by atoms with Crippen LogP contribution in [0.25, 0.3) is 10.9 Å². The number of hydrogen-bond donors (Lipinski definition) is 0. The summed E-state index contributed by atoms with van der Waals surface area (Å²) in [4.78, 5) is 17.1. The van der Waals surface area contributed by atoms with Crippen molar-refractivity contribution in [3.05, 3.63) is 71.4 Å². The number of benzene rings is 2. The SMILES string of the molecule is CO/N=C(\C(=O)OC)c1cc2ccccc2n1Cc1ccccc1C. The van der Waals surface area contributed by atoms with E-state index in [1.54, 1.807) is 0 Å². The van der Waals surface area contributed by atoms with E-state index in [0.29, 0.717) is 12.2 Å². The summed E-state index contributed by atoms with van der Waals surface area (Å²) >= 11 is 0. The second kappa shape index (κ2) is 7.21. The number of aromatic nitrogens is 1. The van der Waals surface area contributed by atoms with Crippen molar-refractivity contribution >= 4 is 22.6 Å². The molecule has 0 aliphatic rings. The van der Waals surface area contributed by atoms with E-state index in [0.717, 1.165) is 10.9 Å². The van der Waals surface area contributed by atoms with Gasteiger partial charge in [-0.25, -0.2) is 4.79 Å². The monoisotopic (exact) mass is 336 g/mol. The van der Waals surface area contributed by atoms with Gasteiger partial charge in [0.05, 0.1) is 12.8 Å². The van der Waals surface area contributed by atoms with E-state index in [4.69, 9.17) is 9.57 Å². The predicted molar refractivity (Wildman–Crippen MR) is 97.8 cm³/mol. The van der Waals surface area contributed by atoms with Crippen LogP contribution in [0.5, 0.6) is 0 Å². The highest BCUT2D eigenvalue weighted by molar-refractivity contribution is 6.43. The van der Waals surface area contributed by atoms with Crippen molar-refractivity contribution in [1.82, 2.24) is 4.57 Å². The zero-order valence-corrected chi connectivity index (χ0v) is 14.5. The second-order valence-electron chi connectivity index (χ2n) is 5.72. The van der Waals surface area contributed by atoms with Crippen molar-refractivity contribution in [2.24, 2.45) is 5.16 Å². The first-order chi connectivity index (χ1) is 12.2. The molecule has 3 aromatic rings. The number of rotatable bonds is 5. The first-order valence-corrected chi connectivity index (χ1v) is 7.98. The van der Waals surface area contributed by atoms with Crippen LogP contribution in [0.4, 0.5) is 0 Å². The van der Waals surface area contributed by atoms with Crippen LogP contribution in [0, 0.1) is 6.92 Å². The number of carbonyl (C=O) groups excluding carboxylic acids is 1. The maximum absolute atomic E-state index is 12.2. The van der Waals surface area contributed by atoms with E-state index in [-0.39, 0.29) is 5.71 Å². The fraction of sp³-hybridized carbons (Fsp3) is 0.200. The molecule has 1 heterocycles. The molecular formula is C20H20N2O3. The van der Waals surface area contributed by atoms with Crippen molar-refractivity contribution in [2.75, 3.05) is 14.2 Å². The van der Waals surface area contributed by atoms with Crippen molar-refractivity contribution in [1.29, 1.82) is 0 Å². The van der Waals surface area contributed by atoms with Gasteiger partial charge in [0.15, 0.2) is 0 Å². The molecule has 0 saturated heterocycles. The minimum atomic E-state index is -0.532. The van der Waals surface area contributed by atoms with Gasteiger partial charge in [-0.2, -0.15) is 0 Å². The van der Waals surface area contributed by atoms with Crippen molar-refractivity contribution in [2.45, 2.75) is 13.5 Å². The number of fused-ring (bicyclic) bond motifs is 1. The average molecular weight is 336 g/mol. The molecule has 0 amide bonds. The largest absolute Gasteiger partial charge is 0.464 e. The Hall–Kier alpha value is -3.08. The summed E-state index contributed by atoms with van der Waals surface area (Å²) in [6, 6.07) is 18.1. The molecule has 0 spiro atoms. The lowest BCUT2D eigenvalue weighted by Gasteiger charge is -2.13. The molecule has 2 aromatic carbocycles. The molecule has 0 radical (unpaired) electrons. The normalized spacial score (nSPS) is 11.6. The van der Waals surface area contributed by atoms with Gasteiger partial charge in [-0.15, -0.1) is 0 Å². The van der Waals surface area contributed by atoms with Gasteiger partial charge >= 0.3 is 5.97 Å². The molecule has 5 heteroatoms. The van der Waals surface area contributed by atoms with Gasteiger partial charge in [0.25, 0.3) is 0 Å². The highest BCUT2D eigenvalue weighted by Gasteiger charge is 2.22. The van der Waals surface area contributed by atoms with Gasteiger partial charge < -0.3 is 14.1 Å². The maximum Gasteiger partial charge on any atom is 0.362 e. The summed E-state index contributed by atoms with van der Waals surface area (Å²) in [6.07, 6.45) is 0. The van der Waals surface area contributed by atoms with Crippen LogP contribution in [-0.2, 0) is 20.9 Å². The van der Waals surface area contributed by atoms with Crippen molar-refractivity contribution in [3.8, 4) is 0 Å². The molecule has 3 rings (SSSR count). The summed E-state index contributed by atoms with van der Waals surface area (Å²) in [6.45, 7) is 2.69. The number of ether oxygens (including phenoxy) is 1. The lowest BCUT2D eigenvalue weighted by Crippen LogP contribution is -2.21. The average Bonchev–Trinajstić information content (AvgIpc) is 2.99. The number of nitrogens with zero attached hydrogens (tertiary/aromatic N) is 2. The smallest absolute Gasteiger partial charge is 0.362 e. The van der Waals surface area contributed by atoms with Crippen molar-refractivity contribution in [3.63, 3.8) is 0 Å². The van der Waals surface area contributed by atoms with Crippen LogP contribution in [0.15, 0.2) is 59.8 Å². The zero-order valence-electron chi connectivity index (χ0n) is 14.5. The Morgan fingerprint density at radius 2 is 1.80 bits per heavy atom. The summed E-state index contributed by atoms with van der Waals surface area (Å²) in [5, 5.41) is 4.93. The fourth-order valence-electron chi connectivity index (χ4n) is 2.91. The Balaban J connectivity index is 2.20. The third-order valence-electron chi connectivity index (χ3n) is 4.20. The number of aryl methyl sites for hydroxylation is 1. The molecule has 25 heavy (non-hydrogen) atoms.